The van der Waals surface area contributed by atoms with E-state index in [2.05, 4.69) is 5.32 Å². The predicted octanol–water partition coefficient (Wildman–Crippen LogP) is -0.379. The molecule has 0 bridgehead atoms. The molecule has 11 nitrogen and oxygen atoms in total. The molecule has 1 aromatic rings. The molecule has 1 aliphatic rings. The van der Waals surface area contributed by atoms with E-state index in [0.717, 1.165) is 16.9 Å². The Hall–Kier alpha value is -3.02. The highest BCUT2D eigenvalue weighted by molar-refractivity contribution is 5.99. The SMILES string of the molecule is CN(C)C(=O)N(Cc1ccccc1)C(=O)[C@H](CO)NC(=O)[C@@H]1CCCN1C(=O)[C@@H](N)CCCCN. The standard InChI is InChI=1S/C24H38N6O5/c1-28(2)24(35)30(15-17-9-4-3-5-10-17)23(34)19(16-31)27-21(32)20-12-8-14-29(20)22(33)18(26)11-6-7-13-25/h3-5,9-10,18-20,31H,6-8,11-16,25-26H2,1-2H3,(H,27,32)/t18-,19-,20-/m0/s1. The largest absolute Gasteiger partial charge is 0.394 e. The second kappa shape index (κ2) is 13.8. The number of benzene rings is 1. The highest BCUT2D eigenvalue weighted by Crippen LogP contribution is 2.20. The zero-order valence-electron chi connectivity index (χ0n) is 20.6. The van der Waals surface area contributed by atoms with E-state index in [1.165, 1.54) is 23.9 Å². The van der Waals surface area contributed by atoms with Gasteiger partial charge in [0.25, 0.3) is 5.91 Å². The van der Waals surface area contributed by atoms with E-state index in [1.54, 1.807) is 24.3 Å². The lowest BCUT2D eigenvalue weighted by atomic mass is 10.1. The number of nitrogens with one attached hydrogen (secondary N) is 1. The van der Waals surface area contributed by atoms with E-state index in [-0.39, 0.29) is 12.5 Å². The number of aliphatic hydroxyl groups is 1. The molecule has 194 valence electrons. The van der Waals surface area contributed by atoms with Crippen LogP contribution >= 0.6 is 0 Å². The lowest BCUT2D eigenvalue weighted by molar-refractivity contribution is -0.141. The summed E-state index contributed by atoms with van der Waals surface area (Å²) in [5, 5.41) is 12.5. The Morgan fingerprint density at radius 2 is 1.86 bits per heavy atom. The molecule has 6 N–H and O–H groups in total. The van der Waals surface area contributed by atoms with E-state index in [1.807, 2.05) is 6.07 Å². The molecule has 0 radical (unpaired) electrons. The van der Waals surface area contributed by atoms with Crippen molar-refractivity contribution < 1.29 is 24.3 Å². The highest BCUT2D eigenvalue weighted by atomic mass is 16.3. The third-order valence-electron chi connectivity index (χ3n) is 5.99. The minimum absolute atomic E-state index is 0.0191. The number of nitrogens with two attached hydrogens (primary N) is 2. The van der Waals surface area contributed by atoms with Crippen LogP contribution in [0.15, 0.2) is 30.3 Å². The summed E-state index contributed by atoms with van der Waals surface area (Å²) in [6, 6.07) is 5.49. The van der Waals surface area contributed by atoms with Crippen molar-refractivity contribution in [2.24, 2.45) is 11.5 Å². The number of carbonyl (C=O) groups is 4. The summed E-state index contributed by atoms with van der Waals surface area (Å²) in [4.78, 5) is 55.5. The fourth-order valence-electron chi connectivity index (χ4n) is 4.04. The number of unbranched alkanes of at least 4 members (excludes halogenated alkanes) is 1. The molecule has 35 heavy (non-hydrogen) atoms. The maximum absolute atomic E-state index is 13.2. The molecule has 3 atom stereocenters. The summed E-state index contributed by atoms with van der Waals surface area (Å²) in [6.45, 7) is 0.187. The van der Waals surface area contributed by atoms with Gasteiger partial charge < -0.3 is 31.7 Å². The van der Waals surface area contributed by atoms with Crippen LogP contribution in [-0.2, 0) is 20.9 Å². The van der Waals surface area contributed by atoms with Crippen LogP contribution in [-0.4, -0.2) is 95.5 Å². The molecule has 1 saturated heterocycles. The summed E-state index contributed by atoms with van der Waals surface area (Å²) < 4.78 is 0. The summed E-state index contributed by atoms with van der Waals surface area (Å²) >= 11 is 0. The first-order chi connectivity index (χ1) is 16.7. The summed E-state index contributed by atoms with van der Waals surface area (Å²) in [7, 11) is 3.03. The first-order valence-electron chi connectivity index (χ1n) is 11.9. The van der Waals surface area contributed by atoms with Crippen molar-refractivity contribution in [3.8, 4) is 0 Å². The summed E-state index contributed by atoms with van der Waals surface area (Å²) in [5.41, 5.74) is 12.3. The van der Waals surface area contributed by atoms with Crippen LogP contribution in [0.25, 0.3) is 0 Å². The molecule has 0 spiro atoms. The lowest BCUT2D eigenvalue weighted by Gasteiger charge is -2.30. The Kier molecular flexibility index (Phi) is 11.1. The monoisotopic (exact) mass is 490 g/mol. The molecular formula is C24H38N6O5. The third-order valence-corrected chi connectivity index (χ3v) is 5.99. The Morgan fingerprint density at radius 1 is 1.17 bits per heavy atom. The van der Waals surface area contributed by atoms with Crippen molar-refractivity contribution in [1.82, 2.24) is 20.0 Å². The van der Waals surface area contributed by atoms with Crippen molar-refractivity contribution in [1.29, 1.82) is 0 Å². The summed E-state index contributed by atoms with van der Waals surface area (Å²) in [6.07, 6.45) is 2.99. The van der Waals surface area contributed by atoms with Crippen molar-refractivity contribution in [3.63, 3.8) is 0 Å². The van der Waals surface area contributed by atoms with Crippen molar-refractivity contribution >= 4 is 23.8 Å². The Balaban J connectivity index is 2.11. The Bertz CT molecular complexity index is 865. The van der Waals surface area contributed by atoms with Crippen molar-refractivity contribution in [2.75, 3.05) is 33.8 Å². The van der Waals surface area contributed by atoms with Gasteiger partial charge in [-0.3, -0.25) is 19.3 Å². The molecule has 0 unspecified atom stereocenters. The Labute approximate surface area is 206 Å². The molecule has 1 heterocycles. The number of hydrogen-bond donors (Lipinski definition) is 4. The molecule has 0 aliphatic carbocycles. The molecule has 1 aromatic carbocycles. The van der Waals surface area contributed by atoms with Crippen LogP contribution in [0.4, 0.5) is 4.79 Å². The van der Waals surface area contributed by atoms with Crippen LogP contribution in [0.5, 0.6) is 0 Å². The van der Waals surface area contributed by atoms with E-state index in [9.17, 15) is 24.3 Å². The normalized spacial score (nSPS) is 16.9. The van der Waals surface area contributed by atoms with Gasteiger partial charge in [0.05, 0.1) is 19.2 Å². The molecule has 5 amide bonds. The van der Waals surface area contributed by atoms with E-state index < -0.39 is 42.6 Å². The number of amides is 5. The number of nitrogens with zero attached hydrogens (tertiary/aromatic N) is 3. The zero-order valence-corrected chi connectivity index (χ0v) is 20.6. The molecule has 11 heteroatoms. The van der Waals surface area contributed by atoms with Gasteiger partial charge in [0.15, 0.2) is 0 Å². The second-order valence-corrected chi connectivity index (χ2v) is 8.91. The molecule has 1 fully saturated rings. The quantitative estimate of drug-likeness (QED) is 0.307. The molecule has 0 aromatic heterocycles. The van der Waals surface area contributed by atoms with E-state index in [4.69, 9.17) is 11.5 Å². The first kappa shape index (κ1) is 28.2. The van der Waals surface area contributed by atoms with Gasteiger partial charge in [0.1, 0.15) is 12.1 Å². The lowest BCUT2D eigenvalue weighted by Crippen LogP contribution is -2.58. The zero-order chi connectivity index (χ0) is 26.0. The van der Waals surface area contributed by atoms with Gasteiger partial charge in [-0.2, -0.15) is 0 Å². The highest BCUT2D eigenvalue weighted by Gasteiger charge is 2.38. The Morgan fingerprint density at radius 3 is 2.46 bits per heavy atom. The topological polar surface area (TPSA) is 162 Å². The molecule has 0 saturated carbocycles. The molecule has 2 rings (SSSR count). The number of imide groups is 1. The average molecular weight is 491 g/mol. The minimum atomic E-state index is -1.34. The first-order valence-corrected chi connectivity index (χ1v) is 11.9. The van der Waals surface area contributed by atoms with Crippen LogP contribution in [0.3, 0.4) is 0 Å². The fourth-order valence-corrected chi connectivity index (χ4v) is 4.04. The van der Waals surface area contributed by atoms with Gasteiger partial charge >= 0.3 is 6.03 Å². The number of aliphatic hydroxyl groups excluding tert-OH is 1. The number of rotatable bonds is 11. The van der Waals surface area contributed by atoms with Gasteiger partial charge in [-0.25, -0.2) is 4.79 Å². The van der Waals surface area contributed by atoms with Gasteiger partial charge in [0.2, 0.25) is 11.8 Å². The smallest absolute Gasteiger partial charge is 0.326 e. The maximum atomic E-state index is 13.2. The maximum Gasteiger partial charge on any atom is 0.326 e. The van der Waals surface area contributed by atoms with Gasteiger partial charge in [-0.05, 0) is 37.8 Å². The molecular weight excluding hydrogens is 452 g/mol. The van der Waals surface area contributed by atoms with Gasteiger partial charge in [0, 0.05) is 20.6 Å². The van der Waals surface area contributed by atoms with Crippen LogP contribution in [0.2, 0.25) is 0 Å². The number of urea groups is 1. The second-order valence-electron chi connectivity index (χ2n) is 8.91. The van der Waals surface area contributed by atoms with Crippen molar-refractivity contribution in [2.45, 2.75) is 56.8 Å². The van der Waals surface area contributed by atoms with E-state index in [0.29, 0.717) is 38.8 Å². The summed E-state index contributed by atoms with van der Waals surface area (Å²) in [5.74, 6) is -1.62. The van der Waals surface area contributed by atoms with Gasteiger partial charge in [-0.15, -0.1) is 0 Å². The van der Waals surface area contributed by atoms with Gasteiger partial charge in [-0.1, -0.05) is 36.8 Å². The molecule has 1 aliphatic heterocycles. The van der Waals surface area contributed by atoms with Crippen LogP contribution in [0, 0.1) is 0 Å². The number of likely N-dealkylation sites (tertiary alicyclic amines) is 1. The van der Waals surface area contributed by atoms with Crippen LogP contribution in [0.1, 0.15) is 37.7 Å². The number of hydrogen-bond acceptors (Lipinski definition) is 7. The fraction of sp³-hybridized carbons (Fsp3) is 0.583. The minimum Gasteiger partial charge on any atom is -0.394 e. The van der Waals surface area contributed by atoms with E-state index >= 15 is 0 Å². The number of carbonyl (C=O) groups excluding carboxylic acids is 4. The predicted molar refractivity (Wildman–Crippen MR) is 131 cm³/mol. The van der Waals surface area contributed by atoms with Crippen LogP contribution < -0.4 is 16.8 Å². The third kappa shape index (κ3) is 7.74. The van der Waals surface area contributed by atoms with Crippen molar-refractivity contribution in [3.05, 3.63) is 35.9 Å². The average Bonchev–Trinajstić information content (AvgIpc) is 3.35.